The SMILES string of the molecule is COC(=O)CCSc1nccnc1SCCNC(=O)OC(C)(C)C. The molecule has 1 N–H and O–H groups in total. The van der Waals surface area contributed by atoms with Crippen LogP contribution in [0.15, 0.2) is 22.4 Å². The topological polar surface area (TPSA) is 90.4 Å². The number of alkyl carbamates (subject to hydrolysis) is 1. The molecule has 0 aliphatic rings. The predicted octanol–water partition coefficient (Wildman–Crippen LogP) is 2.75. The number of aromatic nitrogens is 2. The van der Waals surface area contributed by atoms with E-state index in [0.717, 1.165) is 10.1 Å². The van der Waals surface area contributed by atoms with Crippen LogP contribution in [-0.4, -0.2) is 52.8 Å². The fraction of sp³-hybridized carbons (Fsp3) is 0.600. The Morgan fingerprint density at radius 1 is 1.12 bits per heavy atom. The highest BCUT2D eigenvalue weighted by molar-refractivity contribution is 8.02. The Labute approximate surface area is 150 Å². The first-order valence-corrected chi connectivity index (χ1v) is 9.39. The summed E-state index contributed by atoms with van der Waals surface area (Å²) in [4.78, 5) is 31.3. The summed E-state index contributed by atoms with van der Waals surface area (Å²) in [5.41, 5.74) is -0.508. The molecule has 0 radical (unpaired) electrons. The molecular weight excluding hydrogens is 350 g/mol. The zero-order valence-electron chi connectivity index (χ0n) is 14.3. The third-order valence-electron chi connectivity index (χ3n) is 2.41. The molecule has 1 aromatic rings. The summed E-state index contributed by atoms with van der Waals surface area (Å²) < 4.78 is 9.77. The van der Waals surface area contributed by atoms with Gasteiger partial charge in [0.2, 0.25) is 0 Å². The number of hydrogen-bond acceptors (Lipinski definition) is 8. The third kappa shape index (κ3) is 8.97. The lowest BCUT2D eigenvalue weighted by molar-refractivity contribution is -0.140. The van der Waals surface area contributed by atoms with Crippen LogP contribution in [-0.2, 0) is 14.3 Å². The molecule has 9 heteroatoms. The summed E-state index contributed by atoms with van der Waals surface area (Å²) in [6, 6.07) is 0. The van der Waals surface area contributed by atoms with Crippen molar-refractivity contribution < 1.29 is 19.1 Å². The summed E-state index contributed by atoms with van der Waals surface area (Å²) in [6.07, 6.45) is 3.12. The molecule has 1 aromatic heterocycles. The van der Waals surface area contributed by atoms with E-state index in [-0.39, 0.29) is 5.97 Å². The Kier molecular flexibility index (Phi) is 8.91. The Hall–Kier alpha value is -1.48. The average molecular weight is 374 g/mol. The number of hydrogen-bond donors (Lipinski definition) is 1. The largest absolute Gasteiger partial charge is 0.469 e. The minimum absolute atomic E-state index is 0.248. The van der Waals surface area contributed by atoms with Crippen molar-refractivity contribution in [1.29, 1.82) is 0 Å². The number of nitrogens with zero attached hydrogens (tertiary/aromatic N) is 2. The van der Waals surface area contributed by atoms with Gasteiger partial charge in [0, 0.05) is 30.4 Å². The lowest BCUT2D eigenvalue weighted by atomic mass is 10.2. The standard InChI is InChI=1S/C15H23N3O4S2/c1-15(2,3)22-14(20)18-8-10-24-13-12(16-6-7-17-13)23-9-5-11(19)21-4/h6-7H,5,8-10H2,1-4H3,(H,18,20). The lowest BCUT2D eigenvalue weighted by Gasteiger charge is -2.19. The zero-order chi connectivity index (χ0) is 18.0. The molecule has 0 saturated heterocycles. The molecule has 0 atom stereocenters. The van der Waals surface area contributed by atoms with Gasteiger partial charge in [0.25, 0.3) is 0 Å². The first-order valence-electron chi connectivity index (χ1n) is 7.42. The second kappa shape index (κ2) is 10.4. The van der Waals surface area contributed by atoms with Crippen molar-refractivity contribution in [2.45, 2.75) is 42.8 Å². The van der Waals surface area contributed by atoms with Crippen LogP contribution in [0.5, 0.6) is 0 Å². The van der Waals surface area contributed by atoms with E-state index in [1.807, 2.05) is 20.8 Å². The van der Waals surface area contributed by atoms with Crippen LogP contribution >= 0.6 is 23.5 Å². The third-order valence-corrected chi connectivity index (χ3v) is 4.50. The highest BCUT2D eigenvalue weighted by atomic mass is 32.2. The van der Waals surface area contributed by atoms with Gasteiger partial charge >= 0.3 is 12.1 Å². The number of thioether (sulfide) groups is 2. The van der Waals surface area contributed by atoms with Crippen LogP contribution in [0.4, 0.5) is 4.79 Å². The van der Waals surface area contributed by atoms with Crippen LogP contribution in [0.25, 0.3) is 0 Å². The smallest absolute Gasteiger partial charge is 0.407 e. The summed E-state index contributed by atoms with van der Waals surface area (Å²) in [5, 5.41) is 4.24. The molecule has 24 heavy (non-hydrogen) atoms. The molecule has 1 heterocycles. The van der Waals surface area contributed by atoms with Crippen molar-refractivity contribution in [2.24, 2.45) is 0 Å². The summed E-state index contributed by atoms with van der Waals surface area (Å²) >= 11 is 2.95. The van der Waals surface area contributed by atoms with Gasteiger partial charge in [-0.25, -0.2) is 14.8 Å². The van der Waals surface area contributed by atoms with Crippen LogP contribution in [0.2, 0.25) is 0 Å². The van der Waals surface area contributed by atoms with Gasteiger partial charge in [0.1, 0.15) is 15.7 Å². The normalized spacial score (nSPS) is 11.0. The molecule has 0 aromatic carbocycles. The Bertz CT molecular complexity index is 550. The second-order valence-electron chi connectivity index (χ2n) is 5.62. The van der Waals surface area contributed by atoms with Gasteiger partial charge < -0.3 is 14.8 Å². The van der Waals surface area contributed by atoms with E-state index in [1.165, 1.54) is 30.6 Å². The summed E-state index contributed by atoms with van der Waals surface area (Å²) in [6.45, 7) is 5.92. The maximum absolute atomic E-state index is 11.6. The molecule has 134 valence electrons. The van der Waals surface area contributed by atoms with Gasteiger partial charge in [-0.1, -0.05) is 0 Å². The van der Waals surface area contributed by atoms with Gasteiger partial charge in [-0.3, -0.25) is 4.79 Å². The Morgan fingerprint density at radius 3 is 2.25 bits per heavy atom. The van der Waals surface area contributed by atoms with Gasteiger partial charge in [-0.05, 0) is 20.8 Å². The average Bonchev–Trinajstić information content (AvgIpc) is 2.51. The molecule has 0 aliphatic heterocycles. The maximum atomic E-state index is 11.6. The van der Waals surface area contributed by atoms with Gasteiger partial charge in [0.05, 0.1) is 13.5 Å². The first-order chi connectivity index (χ1) is 11.3. The Balaban J connectivity index is 2.37. The van der Waals surface area contributed by atoms with Crippen LogP contribution in [0.1, 0.15) is 27.2 Å². The molecule has 1 amide bonds. The van der Waals surface area contributed by atoms with Crippen molar-refractivity contribution in [3.8, 4) is 0 Å². The van der Waals surface area contributed by atoms with E-state index in [9.17, 15) is 9.59 Å². The quantitative estimate of drug-likeness (QED) is 0.423. The molecule has 7 nitrogen and oxygen atoms in total. The molecule has 0 spiro atoms. The van der Waals surface area contributed by atoms with Crippen molar-refractivity contribution >= 4 is 35.6 Å². The summed E-state index contributed by atoms with van der Waals surface area (Å²) in [5.74, 6) is 0.972. The number of esters is 1. The van der Waals surface area contributed by atoms with E-state index >= 15 is 0 Å². The molecule has 0 bridgehead atoms. The van der Waals surface area contributed by atoms with Gasteiger partial charge in [-0.15, -0.1) is 23.5 Å². The first kappa shape index (κ1) is 20.6. The number of amides is 1. The molecule has 0 unspecified atom stereocenters. The fourth-order valence-electron chi connectivity index (χ4n) is 1.46. The number of methoxy groups -OCH3 is 1. The van der Waals surface area contributed by atoms with E-state index in [1.54, 1.807) is 12.4 Å². The van der Waals surface area contributed by atoms with Gasteiger partial charge in [-0.2, -0.15) is 0 Å². The van der Waals surface area contributed by atoms with Crippen molar-refractivity contribution in [1.82, 2.24) is 15.3 Å². The molecule has 1 rings (SSSR count). The van der Waals surface area contributed by atoms with Crippen molar-refractivity contribution in [3.63, 3.8) is 0 Å². The minimum atomic E-state index is -0.508. The highest BCUT2D eigenvalue weighted by Gasteiger charge is 2.15. The van der Waals surface area contributed by atoms with Crippen molar-refractivity contribution in [2.75, 3.05) is 25.2 Å². The van der Waals surface area contributed by atoms with Crippen LogP contribution < -0.4 is 5.32 Å². The number of carbonyl (C=O) groups is 2. The van der Waals surface area contributed by atoms with Crippen LogP contribution in [0, 0.1) is 0 Å². The highest BCUT2D eigenvalue weighted by Crippen LogP contribution is 2.27. The molecule has 0 aliphatic carbocycles. The van der Waals surface area contributed by atoms with E-state index < -0.39 is 11.7 Å². The molecule has 0 saturated carbocycles. The molecular formula is C15H23N3O4S2. The van der Waals surface area contributed by atoms with E-state index in [4.69, 9.17) is 4.74 Å². The number of ether oxygens (including phenoxy) is 2. The van der Waals surface area contributed by atoms with Crippen molar-refractivity contribution in [3.05, 3.63) is 12.4 Å². The maximum Gasteiger partial charge on any atom is 0.407 e. The number of rotatable bonds is 8. The number of nitrogens with one attached hydrogen (secondary N) is 1. The van der Waals surface area contributed by atoms with Crippen LogP contribution in [0.3, 0.4) is 0 Å². The fourth-order valence-corrected chi connectivity index (χ4v) is 3.29. The predicted molar refractivity (Wildman–Crippen MR) is 94.3 cm³/mol. The van der Waals surface area contributed by atoms with E-state index in [2.05, 4.69) is 20.0 Å². The second-order valence-corrected chi connectivity index (χ2v) is 7.79. The van der Waals surface area contributed by atoms with Gasteiger partial charge in [0.15, 0.2) is 0 Å². The number of carbonyl (C=O) groups excluding carboxylic acids is 2. The monoisotopic (exact) mass is 373 g/mol. The minimum Gasteiger partial charge on any atom is -0.469 e. The lowest BCUT2D eigenvalue weighted by Crippen LogP contribution is -2.33. The Morgan fingerprint density at radius 2 is 1.71 bits per heavy atom. The summed E-state index contributed by atoms with van der Waals surface area (Å²) in [7, 11) is 1.37. The zero-order valence-corrected chi connectivity index (χ0v) is 16.0. The van der Waals surface area contributed by atoms with E-state index in [0.29, 0.717) is 24.5 Å². The molecule has 0 fully saturated rings.